The van der Waals surface area contributed by atoms with E-state index in [1.54, 1.807) is 25.3 Å². The number of morpholine rings is 1. The number of carbonyl (C=O) groups is 1. The molecule has 10 heteroatoms. The molecular formula is C22H24ClFN2O5S. The first-order chi connectivity index (χ1) is 15.3. The van der Waals surface area contributed by atoms with Crippen LogP contribution in [-0.4, -0.2) is 62.4 Å². The Morgan fingerprint density at radius 3 is 2.69 bits per heavy atom. The lowest BCUT2D eigenvalue weighted by molar-refractivity contribution is -0.0280. The number of methoxy groups -OCH3 is 2. The number of thiocarbonyl (C=S) groups is 1. The van der Waals surface area contributed by atoms with Gasteiger partial charge < -0.3 is 29.2 Å². The van der Waals surface area contributed by atoms with E-state index in [9.17, 15) is 9.18 Å². The molecule has 0 aromatic heterocycles. The van der Waals surface area contributed by atoms with Gasteiger partial charge in [-0.25, -0.2) is 4.39 Å². The van der Waals surface area contributed by atoms with Crippen molar-refractivity contribution in [2.45, 2.75) is 13.0 Å². The van der Waals surface area contributed by atoms with E-state index in [0.717, 1.165) is 0 Å². The first-order valence-corrected chi connectivity index (χ1v) is 10.6. The fourth-order valence-corrected chi connectivity index (χ4v) is 3.72. The van der Waals surface area contributed by atoms with E-state index in [-0.39, 0.29) is 24.1 Å². The van der Waals surface area contributed by atoms with E-state index in [1.807, 2.05) is 4.90 Å². The molecule has 2 aromatic carbocycles. The SMILES string of the molecule is COc1cc(NC(=S)N2CCOC(COc3ccc(C(C)=O)c(F)c3)C2)c(OC)cc1Cl. The van der Waals surface area contributed by atoms with Crippen LogP contribution in [0.1, 0.15) is 17.3 Å². The number of ketones is 1. The van der Waals surface area contributed by atoms with Crippen molar-refractivity contribution < 1.29 is 28.1 Å². The molecule has 0 bridgehead atoms. The number of ether oxygens (including phenoxy) is 4. The third-order valence-corrected chi connectivity index (χ3v) is 5.55. The molecule has 1 aliphatic heterocycles. The third-order valence-electron chi connectivity index (χ3n) is 4.90. The molecule has 3 rings (SSSR count). The second kappa shape index (κ2) is 10.8. The minimum absolute atomic E-state index is 0.0307. The maximum atomic E-state index is 14.0. The molecule has 0 spiro atoms. The topological polar surface area (TPSA) is 69.3 Å². The lowest BCUT2D eigenvalue weighted by atomic mass is 10.1. The minimum atomic E-state index is -0.612. The lowest BCUT2D eigenvalue weighted by Gasteiger charge is -2.34. The molecule has 2 aromatic rings. The van der Waals surface area contributed by atoms with Crippen LogP contribution in [-0.2, 0) is 4.74 Å². The number of Topliss-reactive ketones (excluding diaryl/α,β-unsaturated/α-hetero) is 1. The van der Waals surface area contributed by atoms with Crippen molar-refractivity contribution in [2.24, 2.45) is 0 Å². The van der Waals surface area contributed by atoms with Gasteiger partial charge in [0.05, 0.1) is 37.1 Å². The second-order valence-corrected chi connectivity index (χ2v) is 7.86. The first-order valence-electron chi connectivity index (χ1n) is 9.84. The number of hydrogen-bond acceptors (Lipinski definition) is 6. The maximum absolute atomic E-state index is 14.0. The van der Waals surface area contributed by atoms with Crippen molar-refractivity contribution in [3.8, 4) is 17.2 Å². The molecule has 172 valence electrons. The largest absolute Gasteiger partial charge is 0.495 e. The first kappa shape index (κ1) is 24.0. The number of benzene rings is 2. The zero-order valence-corrected chi connectivity index (χ0v) is 19.5. The van der Waals surface area contributed by atoms with Crippen molar-refractivity contribution in [1.82, 2.24) is 4.90 Å². The van der Waals surface area contributed by atoms with Crippen LogP contribution in [0.25, 0.3) is 0 Å². The standard InChI is InChI=1S/C22H24ClFN2O5S/c1-13(27)16-5-4-14(8-18(16)24)31-12-15-11-26(6-7-30-15)22(32)25-19-10-20(28-2)17(23)9-21(19)29-3/h4-5,8-10,15H,6-7,11-12H2,1-3H3,(H,25,32). The number of hydrogen-bond donors (Lipinski definition) is 1. The predicted molar refractivity (Wildman–Crippen MR) is 124 cm³/mol. The number of anilines is 1. The van der Waals surface area contributed by atoms with Gasteiger partial charge in [-0.05, 0) is 31.3 Å². The summed E-state index contributed by atoms with van der Waals surface area (Å²) in [5.74, 6) is 0.401. The molecule has 1 saturated heterocycles. The molecule has 0 amide bonds. The Hall–Kier alpha value is -2.62. The van der Waals surface area contributed by atoms with Crippen molar-refractivity contribution in [3.63, 3.8) is 0 Å². The highest BCUT2D eigenvalue weighted by atomic mass is 35.5. The van der Waals surface area contributed by atoms with E-state index in [1.165, 1.54) is 26.2 Å². The van der Waals surface area contributed by atoms with E-state index < -0.39 is 5.82 Å². The summed E-state index contributed by atoms with van der Waals surface area (Å²) in [6.45, 7) is 3.05. The van der Waals surface area contributed by atoms with Gasteiger partial charge in [0, 0.05) is 31.3 Å². The van der Waals surface area contributed by atoms with Crippen molar-refractivity contribution in [3.05, 3.63) is 46.7 Å². The Kier molecular flexibility index (Phi) is 8.11. The molecule has 1 atom stereocenters. The van der Waals surface area contributed by atoms with Crippen molar-refractivity contribution >= 4 is 40.4 Å². The quantitative estimate of drug-likeness (QED) is 0.465. The summed E-state index contributed by atoms with van der Waals surface area (Å²) in [7, 11) is 3.07. The number of carbonyl (C=O) groups excluding carboxylic acids is 1. The Balaban J connectivity index is 1.60. The van der Waals surface area contributed by atoms with Gasteiger partial charge in [0.1, 0.15) is 35.8 Å². The van der Waals surface area contributed by atoms with Crippen LogP contribution < -0.4 is 19.5 Å². The minimum Gasteiger partial charge on any atom is -0.495 e. The molecule has 7 nitrogen and oxygen atoms in total. The van der Waals surface area contributed by atoms with Gasteiger partial charge in [-0.3, -0.25) is 4.79 Å². The van der Waals surface area contributed by atoms with Gasteiger partial charge in [-0.2, -0.15) is 0 Å². The van der Waals surface area contributed by atoms with Crippen molar-refractivity contribution in [2.75, 3.05) is 45.8 Å². The van der Waals surface area contributed by atoms with E-state index in [4.69, 9.17) is 42.8 Å². The van der Waals surface area contributed by atoms with Gasteiger partial charge >= 0.3 is 0 Å². The Morgan fingerprint density at radius 2 is 2.03 bits per heavy atom. The fourth-order valence-electron chi connectivity index (χ4n) is 3.22. The van der Waals surface area contributed by atoms with E-state index in [2.05, 4.69) is 5.32 Å². The number of halogens is 2. The highest BCUT2D eigenvalue weighted by Crippen LogP contribution is 2.36. The van der Waals surface area contributed by atoms with Gasteiger partial charge in [0.25, 0.3) is 0 Å². The molecule has 1 aliphatic rings. The molecule has 1 N–H and O–H groups in total. The zero-order chi connectivity index (χ0) is 23.3. The van der Waals surface area contributed by atoms with Gasteiger partial charge in [-0.1, -0.05) is 11.6 Å². The van der Waals surface area contributed by atoms with E-state index >= 15 is 0 Å². The molecule has 0 radical (unpaired) electrons. The Bertz CT molecular complexity index is 1010. The fraction of sp³-hybridized carbons (Fsp3) is 0.364. The molecule has 0 aliphatic carbocycles. The highest BCUT2D eigenvalue weighted by molar-refractivity contribution is 7.80. The molecular weight excluding hydrogens is 459 g/mol. The van der Waals surface area contributed by atoms with Crippen molar-refractivity contribution in [1.29, 1.82) is 0 Å². The monoisotopic (exact) mass is 482 g/mol. The van der Waals surface area contributed by atoms with Crippen LogP contribution >= 0.6 is 23.8 Å². The van der Waals surface area contributed by atoms with Crippen LogP contribution in [0.3, 0.4) is 0 Å². The lowest BCUT2D eigenvalue weighted by Crippen LogP contribution is -2.49. The van der Waals surface area contributed by atoms with Crippen LogP contribution in [0.15, 0.2) is 30.3 Å². The van der Waals surface area contributed by atoms with Gasteiger partial charge in [0.2, 0.25) is 0 Å². The normalized spacial score (nSPS) is 15.8. The maximum Gasteiger partial charge on any atom is 0.173 e. The third kappa shape index (κ3) is 5.79. The molecule has 1 unspecified atom stereocenters. The number of rotatable bonds is 7. The highest BCUT2D eigenvalue weighted by Gasteiger charge is 2.24. The average molecular weight is 483 g/mol. The zero-order valence-electron chi connectivity index (χ0n) is 17.9. The van der Waals surface area contributed by atoms with Gasteiger partial charge in [0.15, 0.2) is 10.9 Å². The van der Waals surface area contributed by atoms with Crippen LogP contribution in [0.2, 0.25) is 5.02 Å². The summed E-state index contributed by atoms with van der Waals surface area (Å²) in [4.78, 5) is 13.3. The van der Waals surface area contributed by atoms with Crippen LogP contribution in [0.4, 0.5) is 10.1 Å². The summed E-state index contributed by atoms with van der Waals surface area (Å²) >= 11 is 11.7. The smallest absolute Gasteiger partial charge is 0.173 e. The van der Waals surface area contributed by atoms with Gasteiger partial charge in [-0.15, -0.1) is 0 Å². The number of nitrogens with one attached hydrogen (secondary N) is 1. The summed E-state index contributed by atoms with van der Waals surface area (Å²) in [6.07, 6.45) is -0.277. The summed E-state index contributed by atoms with van der Waals surface area (Å²) in [5.41, 5.74) is 0.655. The molecule has 1 fully saturated rings. The average Bonchev–Trinajstić information content (AvgIpc) is 2.78. The summed E-state index contributed by atoms with van der Waals surface area (Å²) in [5, 5.41) is 4.08. The molecule has 0 saturated carbocycles. The van der Waals surface area contributed by atoms with E-state index in [0.29, 0.717) is 52.8 Å². The van der Waals surface area contributed by atoms with Crippen LogP contribution in [0.5, 0.6) is 17.2 Å². The Morgan fingerprint density at radius 1 is 1.28 bits per heavy atom. The second-order valence-electron chi connectivity index (χ2n) is 7.06. The summed E-state index contributed by atoms with van der Waals surface area (Å²) < 4.78 is 36.1. The summed E-state index contributed by atoms with van der Waals surface area (Å²) in [6, 6.07) is 7.54. The van der Waals surface area contributed by atoms with Crippen LogP contribution in [0, 0.1) is 5.82 Å². The number of nitrogens with zero attached hydrogens (tertiary/aromatic N) is 1. The predicted octanol–water partition coefficient (Wildman–Crippen LogP) is 4.18. The molecule has 32 heavy (non-hydrogen) atoms. The Labute approximate surface area is 196 Å². The molecule has 1 heterocycles.